The zero-order chi connectivity index (χ0) is 12.3. The molecule has 1 saturated carbocycles. The van der Waals surface area contributed by atoms with Crippen LogP contribution in [0.5, 0.6) is 0 Å². The van der Waals surface area contributed by atoms with E-state index in [1.165, 1.54) is 12.8 Å². The monoisotopic (exact) mass is 297 g/mol. The summed E-state index contributed by atoms with van der Waals surface area (Å²) >= 11 is 3.33. The zero-order valence-electron chi connectivity index (χ0n) is 9.50. The van der Waals surface area contributed by atoms with Gasteiger partial charge >= 0.3 is 6.03 Å². The molecule has 92 valence electrons. The SMILES string of the molecule is Nc1ccc(NC(=O)NC2CCCC2)cc1Br. The van der Waals surface area contributed by atoms with E-state index in [1.54, 1.807) is 18.2 Å². The van der Waals surface area contributed by atoms with Crippen molar-refractivity contribution in [1.29, 1.82) is 0 Å². The van der Waals surface area contributed by atoms with Crippen LogP contribution in [-0.2, 0) is 0 Å². The second-order valence-corrected chi connectivity index (χ2v) is 5.17. The first-order valence-corrected chi connectivity index (χ1v) is 6.57. The maximum absolute atomic E-state index is 11.7. The summed E-state index contributed by atoms with van der Waals surface area (Å²) in [5.41, 5.74) is 7.07. The minimum absolute atomic E-state index is 0.145. The molecule has 1 aliphatic rings. The Hall–Kier alpha value is -1.23. The number of amides is 2. The fourth-order valence-electron chi connectivity index (χ4n) is 2.03. The third-order valence-electron chi connectivity index (χ3n) is 2.95. The lowest BCUT2D eigenvalue weighted by Crippen LogP contribution is -2.36. The first-order valence-electron chi connectivity index (χ1n) is 5.77. The highest BCUT2D eigenvalue weighted by atomic mass is 79.9. The summed E-state index contributed by atoms with van der Waals surface area (Å²) in [5, 5.41) is 5.77. The maximum atomic E-state index is 11.7. The van der Waals surface area contributed by atoms with Crippen molar-refractivity contribution in [3.8, 4) is 0 Å². The second-order valence-electron chi connectivity index (χ2n) is 4.32. The maximum Gasteiger partial charge on any atom is 0.319 e. The van der Waals surface area contributed by atoms with Gasteiger partial charge in [-0.15, -0.1) is 0 Å². The van der Waals surface area contributed by atoms with Gasteiger partial charge in [-0.3, -0.25) is 0 Å². The number of carbonyl (C=O) groups excluding carboxylic acids is 1. The smallest absolute Gasteiger partial charge is 0.319 e. The number of hydrogen-bond donors (Lipinski definition) is 3. The predicted molar refractivity (Wildman–Crippen MR) is 73.0 cm³/mol. The van der Waals surface area contributed by atoms with Gasteiger partial charge in [0.25, 0.3) is 0 Å². The summed E-state index contributed by atoms with van der Waals surface area (Å²) < 4.78 is 0.788. The van der Waals surface area contributed by atoms with Gasteiger partial charge in [0.15, 0.2) is 0 Å². The molecule has 0 aliphatic heterocycles. The average molecular weight is 298 g/mol. The van der Waals surface area contributed by atoms with Crippen LogP contribution < -0.4 is 16.4 Å². The molecule has 2 rings (SSSR count). The van der Waals surface area contributed by atoms with Crippen molar-refractivity contribution in [2.75, 3.05) is 11.1 Å². The lowest BCUT2D eigenvalue weighted by molar-refractivity contribution is 0.248. The van der Waals surface area contributed by atoms with Crippen LogP contribution in [0.15, 0.2) is 22.7 Å². The number of hydrogen-bond acceptors (Lipinski definition) is 2. The van der Waals surface area contributed by atoms with Crippen molar-refractivity contribution in [3.63, 3.8) is 0 Å². The minimum Gasteiger partial charge on any atom is -0.398 e. The van der Waals surface area contributed by atoms with E-state index in [4.69, 9.17) is 5.73 Å². The molecule has 17 heavy (non-hydrogen) atoms. The Labute approximate surface area is 109 Å². The average Bonchev–Trinajstić information content (AvgIpc) is 2.76. The van der Waals surface area contributed by atoms with E-state index in [2.05, 4.69) is 26.6 Å². The van der Waals surface area contributed by atoms with Gasteiger partial charge < -0.3 is 16.4 Å². The third-order valence-corrected chi connectivity index (χ3v) is 3.64. The third kappa shape index (κ3) is 3.36. The quantitative estimate of drug-likeness (QED) is 0.734. The van der Waals surface area contributed by atoms with E-state index in [0.717, 1.165) is 23.0 Å². The molecule has 2 amide bonds. The molecular formula is C12H16BrN3O. The summed E-state index contributed by atoms with van der Waals surface area (Å²) in [4.78, 5) is 11.7. The number of benzene rings is 1. The number of nitrogen functional groups attached to an aromatic ring is 1. The lowest BCUT2D eigenvalue weighted by atomic mass is 10.2. The fraction of sp³-hybridized carbons (Fsp3) is 0.417. The van der Waals surface area contributed by atoms with E-state index in [1.807, 2.05) is 0 Å². The number of nitrogens with one attached hydrogen (secondary N) is 2. The molecule has 4 nitrogen and oxygen atoms in total. The molecule has 0 bridgehead atoms. The van der Waals surface area contributed by atoms with Gasteiger partial charge in [0.05, 0.1) is 0 Å². The fourth-order valence-corrected chi connectivity index (χ4v) is 2.41. The van der Waals surface area contributed by atoms with Gasteiger partial charge in [-0.2, -0.15) is 0 Å². The van der Waals surface area contributed by atoms with E-state index < -0.39 is 0 Å². The van der Waals surface area contributed by atoms with Crippen LogP contribution in [0.4, 0.5) is 16.2 Å². The highest BCUT2D eigenvalue weighted by Crippen LogP contribution is 2.23. The minimum atomic E-state index is -0.145. The van der Waals surface area contributed by atoms with Crippen molar-refractivity contribution < 1.29 is 4.79 Å². The first kappa shape index (κ1) is 12.2. The number of rotatable bonds is 2. The van der Waals surface area contributed by atoms with Crippen LogP contribution >= 0.6 is 15.9 Å². The molecule has 1 aromatic carbocycles. The largest absolute Gasteiger partial charge is 0.398 e. The van der Waals surface area contributed by atoms with Gasteiger partial charge in [-0.1, -0.05) is 12.8 Å². The Bertz CT molecular complexity index is 416. The Morgan fingerprint density at radius 1 is 1.35 bits per heavy atom. The van der Waals surface area contributed by atoms with Crippen LogP contribution in [0.1, 0.15) is 25.7 Å². The van der Waals surface area contributed by atoms with Gasteiger partial charge in [-0.05, 0) is 47.0 Å². The van der Waals surface area contributed by atoms with Gasteiger partial charge in [0.2, 0.25) is 0 Å². The summed E-state index contributed by atoms with van der Waals surface area (Å²) in [6, 6.07) is 5.52. The summed E-state index contributed by atoms with van der Waals surface area (Å²) in [7, 11) is 0. The molecule has 0 heterocycles. The number of halogens is 1. The molecule has 1 fully saturated rings. The molecule has 0 aromatic heterocycles. The van der Waals surface area contributed by atoms with Crippen molar-refractivity contribution in [3.05, 3.63) is 22.7 Å². The Kier molecular flexibility index (Phi) is 3.89. The first-order chi connectivity index (χ1) is 8.15. The molecule has 1 aromatic rings. The van der Waals surface area contributed by atoms with E-state index in [-0.39, 0.29) is 6.03 Å². The van der Waals surface area contributed by atoms with E-state index in [0.29, 0.717) is 11.7 Å². The van der Waals surface area contributed by atoms with Crippen LogP contribution in [0, 0.1) is 0 Å². The number of anilines is 2. The zero-order valence-corrected chi connectivity index (χ0v) is 11.1. The highest BCUT2D eigenvalue weighted by Gasteiger charge is 2.16. The van der Waals surface area contributed by atoms with E-state index >= 15 is 0 Å². The standard InChI is InChI=1S/C12H16BrN3O/c13-10-7-9(5-6-11(10)14)16-12(17)15-8-3-1-2-4-8/h5-8H,1-4,14H2,(H2,15,16,17). The van der Waals surface area contributed by atoms with Crippen LogP contribution in [-0.4, -0.2) is 12.1 Å². The van der Waals surface area contributed by atoms with Crippen LogP contribution in [0.25, 0.3) is 0 Å². The molecule has 5 heteroatoms. The van der Waals surface area contributed by atoms with Crippen LogP contribution in [0.3, 0.4) is 0 Å². The van der Waals surface area contributed by atoms with Crippen LogP contribution in [0.2, 0.25) is 0 Å². The van der Waals surface area contributed by atoms with Crippen molar-refractivity contribution >= 4 is 33.3 Å². The Morgan fingerprint density at radius 2 is 2.06 bits per heavy atom. The van der Waals surface area contributed by atoms with Crippen molar-refractivity contribution in [2.45, 2.75) is 31.7 Å². The molecular weight excluding hydrogens is 282 g/mol. The summed E-state index contributed by atoms with van der Waals surface area (Å²) in [6.45, 7) is 0. The normalized spacial score (nSPS) is 15.8. The summed E-state index contributed by atoms with van der Waals surface area (Å²) in [6.07, 6.45) is 4.58. The molecule has 0 atom stereocenters. The van der Waals surface area contributed by atoms with Crippen molar-refractivity contribution in [2.24, 2.45) is 0 Å². The number of nitrogens with two attached hydrogens (primary N) is 1. The predicted octanol–water partition coefficient (Wildman–Crippen LogP) is 3.10. The molecule has 0 radical (unpaired) electrons. The Balaban J connectivity index is 1.90. The second kappa shape index (κ2) is 5.40. The van der Waals surface area contributed by atoms with Crippen molar-refractivity contribution in [1.82, 2.24) is 5.32 Å². The lowest BCUT2D eigenvalue weighted by Gasteiger charge is -2.13. The molecule has 1 aliphatic carbocycles. The van der Waals surface area contributed by atoms with E-state index in [9.17, 15) is 4.79 Å². The molecule has 0 unspecified atom stereocenters. The van der Waals surface area contributed by atoms with Gasteiger partial charge in [-0.25, -0.2) is 4.79 Å². The highest BCUT2D eigenvalue weighted by molar-refractivity contribution is 9.10. The van der Waals surface area contributed by atoms with Gasteiger partial charge in [0.1, 0.15) is 0 Å². The molecule has 4 N–H and O–H groups in total. The molecule has 0 spiro atoms. The summed E-state index contributed by atoms with van der Waals surface area (Å²) in [5.74, 6) is 0. The molecule has 0 saturated heterocycles. The number of urea groups is 1. The van der Waals surface area contributed by atoms with Gasteiger partial charge in [0, 0.05) is 21.9 Å². The number of carbonyl (C=O) groups is 1. The Morgan fingerprint density at radius 3 is 2.71 bits per heavy atom. The topological polar surface area (TPSA) is 67.1 Å².